The number of methoxy groups -OCH3 is 1. The Morgan fingerprint density at radius 3 is 1.42 bits per heavy atom. The molecule has 17 aromatic rings. The number of nitrogens with zero attached hydrogens (tertiary/aromatic N) is 23. The molecule has 1 amide bonds. The van der Waals surface area contributed by atoms with E-state index in [2.05, 4.69) is 150 Å². The van der Waals surface area contributed by atoms with Crippen molar-refractivity contribution in [2.24, 2.45) is 0 Å². The highest BCUT2D eigenvalue weighted by Gasteiger charge is 2.34. The van der Waals surface area contributed by atoms with Crippen molar-refractivity contribution in [2.75, 3.05) is 86.9 Å². The van der Waals surface area contributed by atoms with E-state index in [0.717, 1.165) is 200 Å². The third-order valence-corrected chi connectivity index (χ3v) is 23.9. The lowest BCUT2D eigenvalue weighted by Gasteiger charge is -2.42. The molecule has 7 aromatic carbocycles. The van der Waals surface area contributed by atoms with Crippen molar-refractivity contribution in [1.82, 2.24) is 104 Å². The number of hydrogen-bond donors (Lipinski definition) is 2. The van der Waals surface area contributed by atoms with Crippen molar-refractivity contribution in [3.05, 3.63) is 223 Å². The first-order valence-corrected chi connectivity index (χ1v) is 42.6. The Balaban J connectivity index is 0.000000113. The van der Waals surface area contributed by atoms with E-state index in [9.17, 15) is 18.0 Å². The Bertz CT molecular complexity index is 6790. The van der Waals surface area contributed by atoms with Crippen molar-refractivity contribution in [2.45, 2.75) is 136 Å². The lowest BCUT2D eigenvalue weighted by Crippen LogP contribution is -2.52. The maximum Gasteiger partial charge on any atom is 0.255 e. The van der Waals surface area contributed by atoms with Crippen LogP contribution in [-0.4, -0.2) is 182 Å². The van der Waals surface area contributed by atoms with Gasteiger partial charge in [-0.05, 0) is 173 Å². The van der Waals surface area contributed by atoms with E-state index in [0.29, 0.717) is 59.2 Å². The van der Waals surface area contributed by atoms with Gasteiger partial charge in [0.05, 0.1) is 77.1 Å². The van der Waals surface area contributed by atoms with E-state index in [1.807, 2.05) is 157 Å². The first-order valence-electron chi connectivity index (χ1n) is 42.6. The fourth-order valence-electron chi connectivity index (χ4n) is 17.6. The van der Waals surface area contributed by atoms with Crippen LogP contribution < -0.4 is 25.2 Å². The number of nitrogens with one attached hydrogen (secondary N) is 2. The van der Waals surface area contributed by atoms with Crippen LogP contribution in [0.4, 0.5) is 48.5 Å². The molecule has 2 N–H and O–H groups in total. The van der Waals surface area contributed by atoms with Gasteiger partial charge in [-0.15, -0.1) is 0 Å². The van der Waals surface area contributed by atoms with Gasteiger partial charge in [-0.1, -0.05) is 60.7 Å². The molecule has 4 aliphatic rings. The van der Waals surface area contributed by atoms with Crippen molar-refractivity contribution in [3.8, 4) is 5.88 Å². The Hall–Kier alpha value is -13.5. The summed E-state index contributed by atoms with van der Waals surface area (Å²) in [6.45, 7) is 24.5. The predicted octanol–water partition coefficient (Wildman–Crippen LogP) is 18.6. The van der Waals surface area contributed by atoms with Crippen LogP contribution in [0.1, 0.15) is 152 Å². The van der Waals surface area contributed by atoms with E-state index < -0.39 is 11.6 Å². The molecular formula is C94H98F3N25O2. The molecule has 4 fully saturated rings. The third kappa shape index (κ3) is 16.5. The van der Waals surface area contributed by atoms with Gasteiger partial charge in [-0.25, -0.2) is 63.0 Å². The zero-order valence-corrected chi connectivity index (χ0v) is 71.1. The van der Waals surface area contributed by atoms with Crippen LogP contribution in [-0.2, 0) is 0 Å². The number of pyridine rings is 2. The summed E-state index contributed by atoms with van der Waals surface area (Å²) in [4.78, 5) is 70.8. The summed E-state index contributed by atoms with van der Waals surface area (Å²) in [6.07, 6.45) is 22.1. The van der Waals surface area contributed by atoms with Gasteiger partial charge in [0.1, 0.15) is 45.3 Å². The second-order valence-corrected chi connectivity index (χ2v) is 33.5. The number of piperidine rings is 1. The number of benzene rings is 7. The molecule has 10 aromatic heterocycles. The Labute approximate surface area is 714 Å². The molecule has 124 heavy (non-hydrogen) atoms. The summed E-state index contributed by atoms with van der Waals surface area (Å²) < 4.78 is 55.1. The number of ether oxygens (including phenoxy) is 1. The molecule has 4 saturated heterocycles. The van der Waals surface area contributed by atoms with Gasteiger partial charge in [0, 0.05) is 179 Å². The summed E-state index contributed by atoms with van der Waals surface area (Å²) >= 11 is 0. The fraction of sp³-hybridized carbons (Fsp3) is 0.330. The van der Waals surface area contributed by atoms with Crippen molar-refractivity contribution in [1.29, 1.82) is 0 Å². The number of fused-ring (bicyclic) bond motifs is 13. The number of amides is 1. The van der Waals surface area contributed by atoms with Gasteiger partial charge in [0.15, 0.2) is 0 Å². The summed E-state index contributed by atoms with van der Waals surface area (Å²) in [6, 6.07) is 41.5. The second-order valence-electron chi connectivity index (χ2n) is 33.5. The number of aromatic nitrogens is 18. The molecular weight excluding hydrogens is 1570 g/mol. The molecule has 21 rings (SSSR count). The summed E-state index contributed by atoms with van der Waals surface area (Å²) in [5.74, 6) is 2.44. The number of anilines is 6. The molecule has 30 heteroatoms. The number of hydrogen-bond acceptors (Lipinski definition) is 22. The molecule has 0 radical (unpaired) electrons. The van der Waals surface area contributed by atoms with E-state index in [4.69, 9.17) is 24.7 Å². The number of carbonyl (C=O) groups excluding carboxylic acids is 1. The minimum atomic E-state index is -0.435. The zero-order valence-electron chi connectivity index (χ0n) is 71.1. The standard InChI is InChI=1S/C28H35N9O.C22H21F2N5.C22H22FN5.C22H20N6O/c1-19(2)37-26-21(18-31-37)5-4-20-16-30-28(33-25(20)26)32-24-7-6-22(17-29-24)27(38)36-10-8-23(9-11-36)35-14-12-34(3)13-15-35;1-13(2)29-21-15(12-26-29)6-5-14-11-25-22(27-20(14)21)28-9-3-4-19(28)17-10-16(23)7-8-18(17)24;1-14(2)28-21-17(13-25-28)9-8-16-12-24-22(26-20(16)21)27-10-4-7-19(27)15-5-3-6-18(23)11-15;1-13(2)28-21-16(12-24-28)5-4-15-11-23-22(27-20(15)21)25-17-7-8-18-14(10-17)6-9-19(26-18)29-3/h4-7,16-19,23H,8-15H2,1-3H3,(H,29,30,32,33);5-8,10-13,19H,3-4,9H2,1-2H3;3,5-6,8-9,11-14,19H,4,7,10H2,1-2H3;4-13H,1-3H3,(H,23,25,27)/t;2*19-;/m.11./s1. The topological polar surface area (TPSA) is 267 Å². The van der Waals surface area contributed by atoms with Gasteiger partial charge < -0.3 is 35.0 Å². The zero-order chi connectivity index (χ0) is 85.6. The third-order valence-electron chi connectivity index (χ3n) is 23.9. The quantitative estimate of drug-likeness (QED) is 0.0965. The molecule has 632 valence electrons. The maximum atomic E-state index is 14.4. The van der Waals surface area contributed by atoms with Gasteiger partial charge in [0.2, 0.25) is 29.7 Å². The summed E-state index contributed by atoms with van der Waals surface area (Å²) in [7, 11) is 3.80. The van der Waals surface area contributed by atoms with E-state index >= 15 is 0 Å². The highest BCUT2D eigenvalue weighted by molar-refractivity contribution is 6.06. The summed E-state index contributed by atoms with van der Waals surface area (Å²) in [5, 5.41) is 33.7. The van der Waals surface area contributed by atoms with E-state index in [-0.39, 0.29) is 48.0 Å². The molecule has 27 nitrogen and oxygen atoms in total. The van der Waals surface area contributed by atoms with Crippen LogP contribution in [0, 0.1) is 17.5 Å². The van der Waals surface area contributed by atoms with Crippen molar-refractivity contribution < 1.29 is 22.7 Å². The average molecular weight is 1670 g/mol. The minimum Gasteiger partial charge on any atom is -0.481 e. The van der Waals surface area contributed by atoms with Crippen molar-refractivity contribution in [3.63, 3.8) is 0 Å². The van der Waals surface area contributed by atoms with Gasteiger partial charge in [-0.2, -0.15) is 20.4 Å². The molecule has 0 unspecified atom stereocenters. The first kappa shape index (κ1) is 81.5. The van der Waals surface area contributed by atoms with Crippen LogP contribution in [0.2, 0.25) is 0 Å². The molecule has 0 bridgehead atoms. The molecule has 0 aliphatic carbocycles. The monoisotopic (exact) mass is 1670 g/mol. The van der Waals surface area contributed by atoms with E-state index in [1.165, 1.54) is 18.2 Å². The lowest BCUT2D eigenvalue weighted by atomic mass is 10.0. The van der Waals surface area contributed by atoms with Crippen LogP contribution in [0.25, 0.3) is 98.1 Å². The molecule has 14 heterocycles. The van der Waals surface area contributed by atoms with Crippen molar-refractivity contribution >= 4 is 139 Å². The Morgan fingerprint density at radius 1 is 0.427 bits per heavy atom. The number of likely N-dealkylation sites (tertiary alicyclic amines) is 1. The molecule has 2 atom stereocenters. The molecule has 4 aliphatic heterocycles. The maximum absolute atomic E-state index is 14.4. The minimum absolute atomic E-state index is 0.0483. The van der Waals surface area contributed by atoms with Gasteiger partial charge in [-0.3, -0.25) is 28.4 Å². The first-order chi connectivity index (χ1) is 60.2. The number of halogens is 3. The van der Waals surface area contributed by atoms with E-state index in [1.54, 1.807) is 31.6 Å². The van der Waals surface area contributed by atoms with Gasteiger partial charge in [0.25, 0.3) is 5.91 Å². The number of piperazine rings is 1. The average Bonchev–Trinajstić information content (AvgIpc) is 1.58. The van der Waals surface area contributed by atoms with Gasteiger partial charge >= 0.3 is 0 Å². The van der Waals surface area contributed by atoms with Crippen LogP contribution in [0.5, 0.6) is 5.88 Å². The predicted molar refractivity (Wildman–Crippen MR) is 481 cm³/mol. The lowest BCUT2D eigenvalue weighted by molar-refractivity contribution is 0.0518. The Kier molecular flexibility index (Phi) is 22.9. The molecule has 0 saturated carbocycles. The van der Waals surface area contributed by atoms with Crippen LogP contribution >= 0.6 is 0 Å². The normalized spacial score (nSPS) is 16.2. The second kappa shape index (κ2) is 34.8. The number of rotatable bonds is 15. The highest BCUT2D eigenvalue weighted by Crippen LogP contribution is 2.40. The number of carbonyl (C=O) groups is 1. The summed E-state index contributed by atoms with van der Waals surface area (Å²) in [5.41, 5.74) is 11.2. The number of likely N-dealkylation sites (N-methyl/N-ethyl adjacent to an activating group) is 1. The highest BCUT2D eigenvalue weighted by atomic mass is 19.1. The van der Waals surface area contributed by atoms with Crippen LogP contribution in [0.15, 0.2) is 189 Å². The SMILES string of the molecule is CC(C)n1ncc2ccc3cnc(N4CCC[C@@H]4c4cc(F)ccc4F)nc3c21.CC(C)n1ncc2ccc3cnc(N4CCC[C@@H]4c4cccc(F)c4)nc3c21.CC(C)n1ncc2ccc3cnc(Nc4ccc(C(=O)N5CCC(N6CCN(C)CC6)CC5)cn4)nc3c21.COc1ccc2cc(Nc3ncc4ccc5cnn(C(C)C)c5c4n3)ccc2n1. The smallest absolute Gasteiger partial charge is 0.255 e. The fourth-order valence-corrected chi connectivity index (χ4v) is 17.6. The largest absolute Gasteiger partial charge is 0.481 e. The molecule has 0 spiro atoms. The van der Waals surface area contributed by atoms with Crippen LogP contribution in [0.3, 0.4) is 0 Å². The Morgan fingerprint density at radius 2 is 0.911 bits per heavy atom.